The standard InChI is InChI=1S/C18H25NO3S/c1-3-22-18(21)16-10-7-11-19(12-16)17(20)14(2)23-13-15-8-5-4-6-9-15/h4-6,8-9,14,16H,3,7,10-13H2,1-2H3. The molecule has 1 aromatic rings. The van der Waals surface area contributed by atoms with Gasteiger partial charge in [-0.25, -0.2) is 0 Å². The molecule has 0 aromatic heterocycles. The van der Waals surface area contributed by atoms with Crippen LogP contribution >= 0.6 is 11.8 Å². The smallest absolute Gasteiger partial charge is 0.310 e. The summed E-state index contributed by atoms with van der Waals surface area (Å²) in [6.45, 7) is 5.39. The third-order valence-electron chi connectivity index (χ3n) is 4.04. The van der Waals surface area contributed by atoms with Crippen LogP contribution in [0.15, 0.2) is 30.3 Å². The van der Waals surface area contributed by atoms with E-state index in [1.54, 1.807) is 11.8 Å². The minimum Gasteiger partial charge on any atom is -0.466 e. The van der Waals surface area contributed by atoms with E-state index in [1.165, 1.54) is 5.56 Å². The van der Waals surface area contributed by atoms with Gasteiger partial charge in [0.2, 0.25) is 5.91 Å². The molecule has 2 rings (SSSR count). The molecule has 2 atom stereocenters. The average Bonchev–Trinajstić information content (AvgIpc) is 2.60. The van der Waals surface area contributed by atoms with Crippen LogP contribution in [0.5, 0.6) is 0 Å². The van der Waals surface area contributed by atoms with Crippen LogP contribution in [0.2, 0.25) is 0 Å². The molecule has 0 aliphatic carbocycles. The fourth-order valence-corrected chi connectivity index (χ4v) is 3.68. The zero-order valence-electron chi connectivity index (χ0n) is 13.9. The molecular formula is C18H25NO3S. The SMILES string of the molecule is CCOC(=O)C1CCCN(C(=O)C(C)SCc2ccccc2)C1. The molecule has 1 aliphatic rings. The van der Waals surface area contributed by atoms with Crippen molar-refractivity contribution in [2.24, 2.45) is 5.92 Å². The summed E-state index contributed by atoms with van der Waals surface area (Å²) in [4.78, 5) is 26.3. The lowest BCUT2D eigenvalue weighted by Crippen LogP contribution is -2.45. The molecule has 1 saturated heterocycles. The number of amides is 1. The number of benzene rings is 1. The van der Waals surface area contributed by atoms with Crippen LogP contribution in [0.1, 0.15) is 32.3 Å². The van der Waals surface area contributed by atoms with Crippen molar-refractivity contribution >= 4 is 23.6 Å². The van der Waals surface area contributed by atoms with E-state index in [9.17, 15) is 9.59 Å². The molecule has 1 aliphatic heterocycles. The summed E-state index contributed by atoms with van der Waals surface area (Å²) in [7, 11) is 0. The molecular weight excluding hydrogens is 310 g/mol. The van der Waals surface area contributed by atoms with Crippen LogP contribution in [0.25, 0.3) is 0 Å². The maximum absolute atomic E-state index is 12.6. The molecule has 1 fully saturated rings. The van der Waals surface area contributed by atoms with Gasteiger partial charge in [-0.1, -0.05) is 30.3 Å². The third-order valence-corrected chi connectivity index (χ3v) is 5.25. The first-order valence-electron chi connectivity index (χ1n) is 8.22. The van der Waals surface area contributed by atoms with E-state index in [0.29, 0.717) is 13.2 Å². The van der Waals surface area contributed by atoms with Gasteiger partial charge in [0, 0.05) is 18.8 Å². The first kappa shape index (κ1) is 17.9. The zero-order valence-corrected chi connectivity index (χ0v) is 14.7. The lowest BCUT2D eigenvalue weighted by molar-refractivity contribution is -0.151. The van der Waals surface area contributed by atoms with Gasteiger partial charge in [0.25, 0.3) is 0 Å². The molecule has 0 bridgehead atoms. The Labute approximate surface area is 142 Å². The highest BCUT2D eigenvalue weighted by atomic mass is 32.2. The van der Waals surface area contributed by atoms with Crippen molar-refractivity contribution in [3.05, 3.63) is 35.9 Å². The summed E-state index contributed by atoms with van der Waals surface area (Å²) in [5, 5.41) is -0.101. The Morgan fingerprint density at radius 3 is 2.78 bits per heavy atom. The molecule has 126 valence electrons. The Balaban J connectivity index is 1.84. The Kier molecular flexibility index (Phi) is 6.96. The van der Waals surface area contributed by atoms with Crippen molar-refractivity contribution in [3.63, 3.8) is 0 Å². The number of likely N-dealkylation sites (tertiary alicyclic amines) is 1. The van der Waals surface area contributed by atoms with Crippen LogP contribution in [-0.4, -0.2) is 41.7 Å². The summed E-state index contributed by atoms with van der Waals surface area (Å²) >= 11 is 1.64. The molecule has 1 heterocycles. The maximum Gasteiger partial charge on any atom is 0.310 e. The molecule has 0 N–H and O–H groups in total. The van der Waals surface area contributed by atoms with E-state index >= 15 is 0 Å². The second-order valence-corrected chi connectivity index (χ2v) is 7.14. The van der Waals surface area contributed by atoms with E-state index in [0.717, 1.165) is 25.1 Å². The molecule has 0 radical (unpaired) electrons. The van der Waals surface area contributed by atoms with E-state index in [1.807, 2.05) is 36.9 Å². The van der Waals surface area contributed by atoms with E-state index in [4.69, 9.17) is 4.74 Å². The van der Waals surface area contributed by atoms with E-state index < -0.39 is 0 Å². The third kappa shape index (κ3) is 5.27. The number of nitrogens with zero attached hydrogens (tertiary/aromatic N) is 1. The van der Waals surface area contributed by atoms with Crippen LogP contribution in [0.3, 0.4) is 0 Å². The Morgan fingerprint density at radius 2 is 2.09 bits per heavy atom. The Bertz CT molecular complexity index is 520. The number of hydrogen-bond acceptors (Lipinski definition) is 4. The molecule has 0 spiro atoms. The van der Waals surface area contributed by atoms with Crippen LogP contribution < -0.4 is 0 Å². The van der Waals surface area contributed by atoms with Crippen molar-refractivity contribution in [1.82, 2.24) is 4.90 Å². The van der Waals surface area contributed by atoms with E-state index in [-0.39, 0.29) is 23.0 Å². The van der Waals surface area contributed by atoms with Gasteiger partial charge in [0.1, 0.15) is 0 Å². The molecule has 1 amide bonds. The summed E-state index contributed by atoms with van der Waals surface area (Å²) in [6, 6.07) is 10.2. The summed E-state index contributed by atoms with van der Waals surface area (Å²) in [5.41, 5.74) is 1.22. The van der Waals surface area contributed by atoms with Gasteiger partial charge in [-0.15, -0.1) is 11.8 Å². The molecule has 2 unspecified atom stereocenters. The maximum atomic E-state index is 12.6. The van der Waals surface area contributed by atoms with Crippen LogP contribution in [0.4, 0.5) is 0 Å². The first-order chi connectivity index (χ1) is 11.1. The molecule has 23 heavy (non-hydrogen) atoms. The number of ether oxygens (including phenoxy) is 1. The normalized spacial score (nSPS) is 19.2. The summed E-state index contributed by atoms with van der Waals surface area (Å²) in [5.74, 6) is 0.608. The van der Waals surface area contributed by atoms with Gasteiger partial charge in [0.05, 0.1) is 17.8 Å². The van der Waals surface area contributed by atoms with Gasteiger partial charge in [-0.2, -0.15) is 0 Å². The second-order valence-electron chi connectivity index (χ2n) is 5.81. The molecule has 1 aromatic carbocycles. The number of carbonyl (C=O) groups is 2. The molecule has 4 nitrogen and oxygen atoms in total. The number of piperidine rings is 1. The fourth-order valence-electron chi connectivity index (χ4n) is 2.75. The number of rotatable bonds is 6. The lowest BCUT2D eigenvalue weighted by atomic mass is 9.98. The quantitative estimate of drug-likeness (QED) is 0.750. The number of carbonyl (C=O) groups excluding carboxylic acids is 2. The number of hydrogen-bond donors (Lipinski definition) is 0. The lowest BCUT2D eigenvalue weighted by Gasteiger charge is -2.33. The topological polar surface area (TPSA) is 46.6 Å². The van der Waals surface area contributed by atoms with Gasteiger partial charge in [-0.3, -0.25) is 9.59 Å². The Morgan fingerprint density at radius 1 is 1.35 bits per heavy atom. The van der Waals surface area contributed by atoms with Gasteiger partial charge < -0.3 is 9.64 Å². The van der Waals surface area contributed by atoms with Crippen molar-refractivity contribution < 1.29 is 14.3 Å². The predicted molar refractivity (Wildman–Crippen MR) is 93.1 cm³/mol. The second kappa shape index (κ2) is 8.96. The predicted octanol–water partition coefficient (Wildman–Crippen LogP) is 3.11. The minimum absolute atomic E-state index is 0.101. The highest BCUT2D eigenvalue weighted by molar-refractivity contribution is 7.99. The summed E-state index contributed by atoms with van der Waals surface area (Å²) in [6.07, 6.45) is 1.68. The zero-order chi connectivity index (χ0) is 16.7. The Hall–Kier alpha value is -1.49. The molecule has 0 saturated carbocycles. The van der Waals surface area contributed by atoms with Gasteiger partial charge in [-0.05, 0) is 32.3 Å². The van der Waals surface area contributed by atoms with Gasteiger partial charge in [0.15, 0.2) is 0 Å². The fraction of sp³-hybridized carbons (Fsp3) is 0.556. The van der Waals surface area contributed by atoms with Crippen molar-refractivity contribution in [3.8, 4) is 0 Å². The van der Waals surface area contributed by atoms with E-state index in [2.05, 4.69) is 12.1 Å². The average molecular weight is 335 g/mol. The summed E-state index contributed by atoms with van der Waals surface area (Å²) < 4.78 is 5.09. The largest absolute Gasteiger partial charge is 0.466 e. The highest BCUT2D eigenvalue weighted by Crippen LogP contribution is 2.23. The van der Waals surface area contributed by atoms with Crippen LogP contribution in [0, 0.1) is 5.92 Å². The van der Waals surface area contributed by atoms with Gasteiger partial charge >= 0.3 is 5.97 Å². The number of esters is 1. The van der Waals surface area contributed by atoms with Crippen molar-refractivity contribution in [1.29, 1.82) is 0 Å². The minimum atomic E-state index is -0.172. The first-order valence-corrected chi connectivity index (χ1v) is 9.27. The monoisotopic (exact) mass is 335 g/mol. The van der Waals surface area contributed by atoms with Crippen molar-refractivity contribution in [2.45, 2.75) is 37.7 Å². The van der Waals surface area contributed by atoms with Crippen molar-refractivity contribution in [2.75, 3.05) is 19.7 Å². The highest BCUT2D eigenvalue weighted by Gasteiger charge is 2.31. The van der Waals surface area contributed by atoms with Crippen LogP contribution in [-0.2, 0) is 20.1 Å². The molecule has 5 heteroatoms. The number of thioether (sulfide) groups is 1.